The van der Waals surface area contributed by atoms with Crippen molar-refractivity contribution in [1.82, 2.24) is 4.90 Å². The number of aryl methyl sites for hydroxylation is 1. The van der Waals surface area contributed by atoms with E-state index >= 15 is 0 Å². The molecule has 8 heteroatoms. The van der Waals surface area contributed by atoms with Crippen LogP contribution < -0.4 is 5.46 Å². The third kappa shape index (κ3) is 3.55. The highest BCUT2D eigenvalue weighted by Crippen LogP contribution is 2.36. The number of carbonyl (C=O) groups excluding carboxylic acids is 1. The normalized spacial score (nSPS) is 23.9. The van der Waals surface area contributed by atoms with Crippen molar-refractivity contribution in [1.29, 1.82) is 0 Å². The van der Waals surface area contributed by atoms with Gasteiger partial charge in [-0.15, -0.1) is 0 Å². The van der Waals surface area contributed by atoms with Crippen molar-refractivity contribution in [2.45, 2.75) is 45.8 Å². The van der Waals surface area contributed by atoms with Crippen LogP contribution in [0.5, 0.6) is 0 Å². The maximum Gasteiger partial charge on any atom is 0.495 e. The summed E-state index contributed by atoms with van der Waals surface area (Å²) < 4.78 is 35.4. The summed E-state index contributed by atoms with van der Waals surface area (Å²) >= 11 is 0. The molecule has 142 valence electrons. The highest BCUT2D eigenvalue weighted by atomic mass is 32.2. The molecule has 0 aromatic heterocycles. The van der Waals surface area contributed by atoms with Crippen LogP contribution in [-0.2, 0) is 19.1 Å². The molecule has 0 aliphatic carbocycles. The smallest absolute Gasteiger partial charge is 0.399 e. The number of carbonyl (C=O) groups is 1. The van der Waals surface area contributed by atoms with Crippen molar-refractivity contribution >= 4 is 28.3 Å². The molecule has 2 aliphatic heterocycles. The number of benzene rings is 1. The fraction of sp³-hybridized carbons (Fsp3) is 0.611. The minimum Gasteiger partial charge on any atom is -0.399 e. The van der Waals surface area contributed by atoms with Crippen LogP contribution >= 0.6 is 0 Å². The topological polar surface area (TPSA) is 72.9 Å². The van der Waals surface area contributed by atoms with Gasteiger partial charge in [0.05, 0.1) is 22.7 Å². The zero-order chi connectivity index (χ0) is 19.3. The monoisotopic (exact) mass is 379 g/mol. The van der Waals surface area contributed by atoms with Crippen molar-refractivity contribution in [2.75, 3.05) is 24.6 Å². The molecule has 6 nitrogen and oxygen atoms in total. The van der Waals surface area contributed by atoms with Crippen LogP contribution in [-0.4, -0.2) is 62.1 Å². The summed E-state index contributed by atoms with van der Waals surface area (Å²) in [7, 11) is -3.55. The molecule has 2 heterocycles. The van der Waals surface area contributed by atoms with E-state index in [4.69, 9.17) is 9.31 Å². The third-order valence-electron chi connectivity index (χ3n) is 5.66. The maximum absolute atomic E-state index is 12.8. The zero-order valence-electron chi connectivity index (χ0n) is 16.0. The van der Waals surface area contributed by atoms with E-state index in [1.54, 1.807) is 11.0 Å². The van der Waals surface area contributed by atoms with Crippen molar-refractivity contribution in [2.24, 2.45) is 0 Å². The molecule has 3 rings (SSSR count). The van der Waals surface area contributed by atoms with E-state index in [0.717, 1.165) is 11.0 Å². The van der Waals surface area contributed by atoms with Crippen molar-refractivity contribution < 1.29 is 22.5 Å². The summed E-state index contributed by atoms with van der Waals surface area (Å²) in [4.78, 5) is 14.4. The minimum absolute atomic E-state index is 0.0225. The molecule has 2 saturated heterocycles. The molecule has 1 aromatic carbocycles. The van der Waals surface area contributed by atoms with E-state index in [1.165, 1.54) is 0 Å². The second kappa shape index (κ2) is 6.35. The lowest BCUT2D eigenvalue weighted by Gasteiger charge is -2.32. The Labute approximate surface area is 155 Å². The quantitative estimate of drug-likeness (QED) is 0.722. The first-order valence-electron chi connectivity index (χ1n) is 8.88. The van der Waals surface area contributed by atoms with Gasteiger partial charge in [-0.25, -0.2) is 8.42 Å². The van der Waals surface area contributed by atoms with Crippen LogP contribution in [0.3, 0.4) is 0 Å². The molecule has 2 aliphatic rings. The summed E-state index contributed by atoms with van der Waals surface area (Å²) in [5, 5.41) is 0. The number of sulfone groups is 1. The Hall–Kier alpha value is -1.38. The van der Waals surface area contributed by atoms with Gasteiger partial charge >= 0.3 is 7.12 Å². The first-order valence-corrected chi connectivity index (χ1v) is 10.7. The third-order valence-corrected chi connectivity index (χ3v) is 7.27. The van der Waals surface area contributed by atoms with Gasteiger partial charge in [-0.2, -0.15) is 0 Å². The average molecular weight is 379 g/mol. The standard InChI is InChI=1S/C18H26BNO5S/c1-13-6-7-14(16(21)20-8-10-26(22,23)11-9-20)12-15(13)19-24-17(2,3)18(4,5)25-19/h6-7,12H,8-11H2,1-5H3. The van der Waals surface area contributed by atoms with Crippen LogP contribution in [0, 0.1) is 6.92 Å². The Bertz CT molecular complexity index is 804. The van der Waals surface area contributed by atoms with Gasteiger partial charge in [0.25, 0.3) is 5.91 Å². The van der Waals surface area contributed by atoms with Crippen molar-refractivity contribution in [3.8, 4) is 0 Å². The highest BCUT2D eigenvalue weighted by molar-refractivity contribution is 7.91. The van der Waals surface area contributed by atoms with E-state index in [2.05, 4.69) is 0 Å². The number of nitrogens with zero attached hydrogens (tertiary/aromatic N) is 1. The lowest BCUT2D eigenvalue weighted by Crippen LogP contribution is -2.44. The highest BCUT2D eigenvalue weighted by Gasteiger charge is 2.52. The van der Waals surface area contributed by atoms with Gasteiger partial charge in [-0.1, -0.05) is 11.6 Å². The van der Waals surface area contributed by atoms with E-state index in [0.29, 0.717) is 5.56 Å². The molecule has 0 radical (unpaired) electrons. The number of rotatable bonds is 2. The summed E-state index contributed by atoms with van der Waals surface area (Å²) in [5.74, 6) is -0.110. The van der Waals surface area contributed by atoms with Crippen LogP contribution in [0.4, 0.5) is 0 Å². The van der Waals surface area contributed by atoms with E-state index in [-0.39, 0.29) is 30.5 Å². The van der Waals surface area contributed by atoms with Crippen molar-refractivity contribution in [3.05, 3.63) is 29.3 Å². The Morgan fingerprint density at radius 2 is 1.62 bits per heavy atom. The Morgan fingerprint density at radius 1 is 1.08 bits per heavy atom. The minimum atomic E-state index is -3.02. The zero-order valence-corrected chi connectivity index (χ0v) is 16.9. The first kappa shape index (κ1) is 19.4. The van der Waals surface area contributed by atoms with Gasteiger partial charge in [0.15, 0.2) is 9.84 Å². The Kier molecular flexibility index (Phi) is 4.74. The van der Waals surface area contributed by atoms with Crippen LogP contribution in [0.1, 0.15) is 43.6 Å². The van der Waals surface area contributed by atoms with Gasteiger partial charge in [0, 0.05) is 18.7 Å². The maximum atomic E-state index is 12.8. The second-order valence-electron chi connectivity index (χ2n) is 8.10. The molecule has 2 fully saturated rings. The summed E-state index contributed by atoms with van der Waals surface area (Å²) in [6.07, 6.45) is 0. The number of amides is 1. The average Bonchev–Trinajstić information content (AvgIpc) is 2.75. The predicted octanol–water partition coefficient (Wildman–Crippen LogP) is 1.16. The molecule has 26 heavy (non-hydrogen) atoms. The van der Waals surface area contributed by atoms with Crippen LogP contribution in [0.25, 0.3) is 0 Å². The Balaban J connectivity index is 1.84. The summed E-state index contributed by atoms with van der Waals surface area (Å²) in [5.41, 5.74) is 1.44. The molecular weight excluding hydrogens is 353 g/mol. The molecule has 0 spiro atoms. The predicted molar refractivity (Wildman–Crippen MR) is 101 cm³/mol. The van der Waals surface area contributed by atoms with Gasteiger partial charge in [-0.05, 0) is 52.2 Å². The van der Waals surface area contributed by atoms with Crippen molar-refractivity contribution in [3.63, 3.8) is 0 Å². The molecule has 0 bridgehead atoms. The molecule has 0 N–H and O–H groups in total. The van der Waals surface area contributed by atoms with E-state index in [1.807, 2.05) is 46.8 Å². The SMILES string of the molecule is Cc1ccc(C(=O)N2CCS(=O)(=O)CC2)cc1B1OC(C)(C)C(C)(C)O1. The summed E-state index contributed by atoms with van der Waals surface area (Å²) in [6, 6.07) is 5.47. The largest absolute Gasteiger partial charge is 0.495 e. The molecule has 0 atom stereocenters. The molecular formula is C18H26BNO5S. The lowest BCUT2D eigenvalue weighted by atomic mass is 9.75. The van der Waals surface area contributed by atoms with Crippen LogP contribution in [0.15, 0.2) is 18.2 Å². The molecule has 1 aromatic rings. The fourth-order valence-electron chi connectivity index (χ4n) is 3.10. The second-order valence-corrected chi connectivity index (χ2v) is 10.4. The van der Waals surface area contributed by atoms with Gasteiger partial charge in [0.2, 0.25) is 0 Å². The Morgan fingerprint density at radius 3 is 2.15 bits per heavy atom. The van der Waals surface area contributed by atoms with E-state index < -0.39 is 28.2 Å². The van der Waals surface area contributed by atoms with Gasteiger partial charge in [0.1, 0.15) is 0 Å². The lowest BCUT2D eigenvalue weighted by molar-refractivity contribution is 0.00578. The van der Waals surface area contributed by atoms with E-state index in [9.17, 15) is 13.2 Å². The molecule has 0 unspecified atom stereocenters. The molecule has 1 amide bonds. The fourth-order valence-corrected chi connectivity index (χ4v) is 4.30. The van der Waals surface area contributed by atoms with Gasteiger partial charge in [-0.3, -0.25) is 4.79 Å². The first-order chi connectivity index (χ1) is 11.9. The van der Waals surface area contributed by atoms with Gasteiger partial charge < -0.3 is 14.2 Å². The van der Waals surface area contributed by atoms with Crippen LogP contribution in [0.2, 0.25) is 0 Å². The number of hydrogen-bond donors (Lipinski definition) is 0. The number of hydrogen-bond acceptors (Lipinski definition) is 5. The molecule has 0 saturated carbocycles. The summed E-state index contributed by atoms with van der Waals surface area (Å²) in [6.45, 7) is 10.4.